The number of thiocarbonyl (C=S) groups is 1. The second-order valence-corrected chi connectivity index (χ2v) is 6.15. The highest BCUT2D eigenvalue weighted by Crippen LogP contribution is 2.15. The van der Waals surface area contributed by atoms with E-state index in [4.69, 9.17) is 23.8 Å². The molecule has 22 heavy (non-hydrogen) atoms. The Bertz CT molecular complexity index is 601. The van der Waals surface area contributed by atoms with E-state index in [0.29, 0.717) is 16.1 Å². The fourth-order valence-electron chi connectivity index (χ4n) is 2.29. The van der Waals surface area contributed by atoms with E-state index in [1.54, 1.807) is 0 Å². The van der Waals surface area contributed by atoms with E-state index in [0.717, 1.165) is 25.1 Å². The van der Waals surface area contributed by atoms with Gasteiger partial charge in [-0.05, 0) is 48.3 Å². The van der Waals surface area contributed by atoms with Gasteiger partial charge in [-0.1, -0.05) is 61.3 Å². The van der Waals surface area contributed by atoms with Crippen LogP contribution in [-0.2, 0) is 6.42 Å². The number of hydrogen-bond acceptors (Lipinski definition) is 1. The Morgan fingerprint density at radius 3 is 2.59 bits per heavy atom. The van der Waals surface area contributed by atoms with Crippen molar-refractivity contribution in [2.24, 2.45) is 5.92 Å². The lowest BCUT2D eigenvalue weighted by atomic mass is 9.97. The van der Waals surface area contributed by atoms with Crippen molar-refractivity contribution in [3.63, 3.8) is 0 Å². The molecule has 2 rings (SSSR count). The highest BCUT2D eigenvalue weighted by molar-refractivity contribution is 7.80. The molecule has 0 aliphatic carbocycles. The first-order chi connectivity index (χ1) is 10.7. The average molecular weight is 333 g/mol. The molecular formula is C18H21ClN2S. The van der Waals surface area contributed by atoms with Crippen LogP contribution in [0.3, 0.4) is 0 Å². The molecular weight excluding hydrogens is 312 g/mol. The first-order valence-corrected chi connectivity index (χ1v) is 8.30. The molecule has 0 fully saturated rings. The van der Waals surface area contributed by atoms with Crippen molar-refractivity contribution in [3.05, 3.63) is 65.2 Å². The maximum atomic E-state index is 5.96. The molecule has 116 valence electrons. The van der Waals surface area contributed by atoms with Crippen LogP contribution in [0.1, 0.15) is 18.9 Å². The van der Waals surface area contributed by atoms with E-state index in [1.165, 1.54) is 5.56 Å². The first kappa shape index (κ1) is 16.8. The quantitative estimate of drug-likeness (QED) is 0.736. The molecule has 0 heterocycles. The van der Waals surface area contributed by atoms with E-state index in [9.17, 15) is 0 Å². The zero-order chi connectivity index (χ0) is 15.8. The number of anilines is 1. The maximum absolute atomic E-state index is 5.96. The van der Waals surface area contributed by atoms with Crippen molar-refractivity contribution in [2.75, 3.05) is 11.9 Å². The first-order valence-electron chi connectivity index (χ1n) is 7.51. The summed E-state index contributed by atoms with van der Waals surface area (Å²) in [4.78, 5) is 0. The summed E-state index contributed by atoms with van der Waals surface area (Å²) >= 11 is 11.3. The van der Waals surface area contributed by atoms with E-state index in [1.807, 2.05) is 30.3 Å². The minimum Gasteiger partial charge on any atom is -0.362 e. The third kappa shape index (κ3) is 5.66. The minimum absolute atomic E-state index is 0.557. The molecule has 0 aliphatic heterocycles. The molecule has 1 unspecified atom stereocenters. The molecule has 0 aliphatic rings. The smallest absolute Gasteiger partial charge is 0.170 e. The Morgan fingerprint density at radius 1 is 1.14 bits per heavy atom. The molecule has 0 saturated carbocycles. The Labute approximate surface area is 142 Å². The van der Waals surface area contributed by atoms with Crippen LogP contribution in [0, 0.1) is 5.92 Å². The third-order valence-electron chi connectivity index (χ3n) is 3.58. The summed E-state index contributed by atoms with van der Waals surface area (Å²) in [7, 11) is 0. The predicted molar refractivity (Wildman–Crippen MR) is 99.6 cm³/mol. The molecule has 0 bridgehead atoms. The monoisotopic (exact) mass is 332 g/mol. The van der Waals surface area contributed by atoms with Gasteiger partial charge < -0.3 is 10.6 Å². The highest BCUT2D eigenvalue weighted by Gasteiger charge is 2.08. The van der Waals surface area contributed by atoms with Crippen LogP contribution in [-0.4, -0.2) is 11.7 Å². The van der Waals surface area contributed by atoms with Crippen molar-refractivity contribution in [2.45, 2.75) is 19.8 Å². The largest absolute Gasteiger partial charge is 0.362 e. The number of halogens is 1. The molecule has 0 aromatic heterocycles. The summed E-state index contributed by atoms with van der Waals surface area (Å²) in [6.45, 7) is 3.07. The number of hydrogen-bond donors (Lipinski definition) is 2. The maximum Gasteiger partial charge on any atom is 0.170 e. The SMILES string of the molecule is CCC(CNC(=S)Nc1cccc(Cl)c1)Cc1ccccc1. The molecule has 1 atom stereocenters. The van der Waals surface area contributed by atoms with Crippen molar-refractivity contribution < 1.29 is 0 Å². The second kappa shape index (κ2) is 8.76. The molecule has 2 N–H and O–H groups in total. The topological polar surface area (TPSA) is 24.1 Å². The number of nitrogens with one attached hydrogen (secondary N) is 2. The fourth-order valence-corrected chi connectivity index (χ4v) is 2.68. The molecule has 0 amide bonds. The van der Waals surface area contributed by atoms with Crippen LogP contribution < -0.4 is 10.6 Å². The molecule has 2 nitrogen and oxygen atoms in total. The number of rotatable bonds is 6. The molecule has 0 saturated heterocycles. The highest BCUT2D eigenvalue weighted by atomic mass is 35.5. The predicted octanol–water partition coefficient (Wildman–Crippen LogP) is 4.90. The minimum atomic E-state index is 0.557. The zero-order valence-corrected chi connectivity index (χ0v) is 14.3. The van der Waals surface area contributed by atoms with Gasteiger partial charge >= 0.3 is 0 Å². The molecule has 0 radical (unpaired) electrons. The van der Waals surface area contributed by atoms with E-state index >= 15 is 0 Å². The van der Waals surface area contributed by atoms with E-state index in [-0.39, 0.29) is 0 Å². The third-order valence-corrected chi connectivity index (χ3v) is 4.06. The normalized spacial score (nSPS) is 11.7. The van der Waals surface area contributed by atoms with E-state index < -0.39 is 0 Å². The zero-order valence-electron chi connectivity index (χ0n) is 12.7. The molecule has 2 aromatic carbocycles. The Kier molecular flexibility index (Phi) is 6.69. The molecule has 2 aromatic rings. The van der Waals surface area contributed by atoms with Gasteiger partial charge in [0.2, 0.25) is 0 Å². The van der Waals surface area contributed by atoms with Crippen molar-refractivity contribution in [3.8, 4) is 0 Å². The summed E-state index contributed by atoms with van der Waals surface area (Å²) in [5, 5.41) is 7.79. The fraction of sp³-hybridized carbons (Fsp3) is 0.278. The standard InChI is InChI=1S/C18H21ClN2S/c1-2-14(11-15-7-4-3-5-8-15)13-20-18(22)21-17-10-6-9-16(19)12-17/h3-10,12,14H,2,11,13H2,1H3,(H2,20,21,22). The van der Waals surface area contributed by atoms with Gasteiger partial charge in [0.15, 0.2) is 5.11 Å². The summed E-state index contributed by atoms with van der Waals surface area (Å²) in [6, 6.07) is 18.1. The summed E-state index contributed by atoms with van der Waals surface area (Å²) in [5.41, 5.74) is 2.27. The van der Waals surface area contributed by atoms with Gasteiger partial charge in [-0.2, -0.15) is 0 Å². The van der Waals surface area contributed by atoms with Crippen LogP contribution in [0.2, 0.25) is 5.02 Å². The van der Waals surface area contributed by atoms with Gasteiger partial charge in [0, 0.05) is 17.3 Å². The van der Waals surface area contributed by atoms with Gasteiger partial charge in [0.25, 0.3) is 0 Å². The van der Waals surface area contributed by atoms with Gasteiger partial charge in [-0.3, -0.25) is 0 Å². The van der Waals surface area contributed by atoms with Crippen LogP contribution >= 0.6 is 23.8 Å². The van der Waals surface area contributed by atoms with Crippen LogP contribution in [0.25, 0.3) is 0 Å². The van der Waals surface area contributed by atoms with Gasteiger partial charge in [0.05, 0.1) is 0 Å². The molecule has 0 spiro atoms. The second-order valence-electron chi connectivity index (χ2n) is 5.31. The Morgan fingerprint density at radius 2 is 1.91 bits per heavy atom. The van der Waals surface area contributed by atoms with Crippen LogP contribution in [0.15, 0.2) is 54.6 Å². The lowest BCUT2D eigenvalue weighted by molar-refractivity contribution is 0.498. The summed E-state index contributed by atoms with van der Waals surface area (Å²) in [6.07, 6.45) is 2.17. The average Bonchev–Trinajstić information content (AvgIpc) is 2.52. The van der Waals surface area contributed by atoms with E-state index in [2.05, 4.69) is 41.8 Å². The summed E-state index contributed by atoms with van der Waals surface area (Å²) in [5.74, 6) is 0.557. The Balaban J connectivity index is 1.81. The van der Waals surface area contributed by atoms with Gasteiger partial charge in [-0.25, -0.2) is 0 Å². The van der Waals surface area contributed by atoms with Gasteiger partial charge in [-0.15, -0.1) is 0 Å². The van der Waals surface area contributed by atoms with Crippen LogP contribution in [0.5, 0.6) is 0 Å². The van der Waals surface area contributed by atoms with Crippen molar-refractivity contribution in [1.29, 1.82) is 0 Å². The summed E-state index contributed by atoms with van der Waals surface area (Å²) < 4.78 is 0. The van der Waals surface area contributed by atoms with Crippen LogP contribution in [0.4, 0.5) is 5.69 Å². The lowest BCUT2D eigenvalue weighted by Gasteiger charge is -2.18. The lowest BCUT2D eigenvalue weighted by Crippen LogP contribution is -2.33. The Hall–Kier alpha value is -1.58. The van der Waals surface area contributed by atoms with Gasteiger partial charge in [0.1, 0.15) is 0 Å². The van der Waals surface area contributed by atoms with Crippen molar-refractivity contribution >= 4 is 34.6 Å². The molecule has 4 heteroatoms. The number of benzene rings is 2. The van der Waals surface area contributed by atoms with Crippen molar-refractivity contribution in [1.82, 2.24) is 5.32 Å².